The highest BCUT2D eigenvalue weighted by molar-refractivity contribution is 5.81. The fourth-order valence-corrected chi connectivity index (χ4v) is 2.42. The Labute approximate surface area is 117 Å². The Hall–Kier alpha value is -2.04. The highest BCUT2D eigenvalue weighted by Crippen LogP contribution is 2.21. The van der Waals surface area contributed by atoms with Gasteiger partial charge in [0.15, 0.2) is 6.04 Å². The second kappa shape index (κ2) is 6.93. The lowest BCUT2D eigenvalue weighted by atomic mass is 9.98. The van der Waals surface area contributed by atoms with Crippen molar-refractivity contribution in [3.8, 4) is 0 Å². The molecular weight excluding hydrogens is 258 g/mol. The fourth-order valence-electron chi connectivity index (χ4n) is 2.42. The van der Waals surface area contributed by atoms with E-state index in [1.807, 2.05) is 0 Å². The maximum absolute atomic E-state index is 11.8. The van der Waals surface area contributed by atoms with Crippen LogP contribution in [-0.4, -0.2) is 23.3 Å². The molecule has 108 valence electrons. The summed E-state index contributed by atoms with van der Waals surface area (Å²) < 4.78 is 5.28. The minimum absolute atomic E-state index is 0.0889. The van der Waals surface area contributed by atoms with Gasteiger partial charge >= 0.3 is 12.1 Å². The predicted molar refractivity (Wildman–Crippen MR) is 73.3 cm³/mol. The van der Waals surface area contributed by atoms with E-state index in [2.05, 4.69) is 5.32 Å². The van der Waals surface area contributed by atoms with E-state index in [9.17, 15) is 14.7 Å². The molecule has 1 aliphatic carbocycles. The van der Waals surface area contributed by atoms with E-state index >= 15 is 0 Å². The van der Waals surface area contributed by atoms with Crippen LogP contribution in [0.1, 0.15) is 43.7 Å². The number of carbonyl (C=O) groups is 2. The maximum atomic E-state index is 11.8. The minimum Gasteiger partial charge on any atom is -0.479 e. The van der Waals surface area contributed by atoms with E-state index in [4.69, 9.17) is 4.74 Å². The van der Waals surface area contributed by atoms with Crippen molar-refractivity contribution >= 4 is 12.1 Å². The first kappa shape index (κ1) is 14.4. The quantitative estimate of drug-likeness (QED) is 0.887. The Morgan fingerprint density at radius 3 is 2.40 bits per heavy atom. The van der Waals surface area contributed by atoms with Crippen LogP contribution < -0.4 is 5.32 Å². The van der Waals surface area contributed by atoms with Gasteiger partial charge in [-0.15, -0.1) is 0 Å². The van der Waals surface area contributed by atoms with Gasteiger partial charge < -0.3 is 15.2 Å². The van der Waals surface area contributed by atoms with Gasteiger partial charge in [0.05, 0.1) is 0 Å². The van der Waals surface area contributed by atoms with E-state index < -0.39 is 18.1 Å². The van der Waals surface area contributed by atoms with Crippen molar-refractivity contribution < 1.29 is 19.4 Å². The average Bonchev–Trinajstić information content (AvgIpc) is 2.46. The third-order valence-corrected chi connectivity index (χ3v) is 3.47. The zero-order valence-electron chi connectivity index (χ0n) is 11.2. The van der Waals surface area contributed by atoms with Crippen molar-refractivity contribution in [1.29, 1.82) is 0 Å². The first-order valence-electron chi connectivity index (χ1n) is 6.91. The number of ether oxygens (including phenoxy) is 1. The summed E-state index contributed by atoms with van der Waals surface area (Å²) in [6, 6.07) is 7.52. The number of hydrogen-bond acceptors (Lipinski definition) is 3. The first-order valence-corrected chi connectivity index (χ1v) is 6.91. The van der Waals surface area contributed by atoms with Crippen LogP contribution in [0, 0.1) is 0 Å². The molecule has 1 amide bonds. The van der Waals surface area contributed by atoms with Crippen LogP contribution in [0.15, 0.2) is 30.3 Å². The number of carbonyl (C=O) groups excluding carboxylic acids is 1. The molecule has 0 aromatic heterocycles. The topological polar surface area (TPSA) is 75.6 Å². The normalized spacial score (nSPS) is 17.2. The van der Waals surface area contributed by atoms with Crippen molar-refractivity contribution in [2.75, 3.05) is 0 Å². The molecule has 0 saturated heterocycles. The van der Waals surface area contributed by atoms with Crippen LogP contribution in [0.3, 0.4) is 0 Å². The lowest BCUT2D eigenvalue weighted by Crippen LogP contribution is -2.36. The molecule has 0 radical (unpaired) electrons. The Bertz CT molecular complexity index is 454. The van der Waals surface area contributed by atoms with E-state index in [1.165, 1.54) is 6.42 Å². The number of rotatable bonds is 4. The molecule has 20 heavy (non-hydrogen) atoms. The first-order chi connectivity index (χ1) is 9.66. The molecule has 1 aliphatic rings. The van der Waals surface area contributed by atoms with E-state index in [0.717, 1.165) is 25.7 Å². The van der Waals surface area contributed by atoms with Gasteiger partial charge in [-0.1, -0.05) is 36.8 Å². The zero-order valence-corrected chi connectivity index (χ0v) is 11.2. The fraction of sp³-hybridized carbons (Fsp3) is 0.467. The molecule has 0 aliphatic heterocycles. The summed E-state index contributed by atoms with van der Waals surface area (Å²) >= 11 is 0. The number of amides is 1. The lowest BCUT2D eigenvalue weighted by molar-refractivity contribution is -0.139. The lowest BCUT2D eigenvalue weighted by Gasteiger charge is -2.23. The van der Waals surface area contributed by atoms with Crippen LogP contribution in [0.4, 0.5) is 4.79 Å². The van der Waals surface area contributed by atoms with Crippen molar-refractivity contribution in [3.63, 3.8) is 0 Å². The van der Waals surface area contributed by atoms with Crippen LogP contribution in [0.25, 0.3) is 0 Å². The third-order valence-electron chi connectivity index (χ3n) is 3.47. The van der Waals surface area contributed by atoms with E-state index in [-0.39, 0.29) is 6.10 Å². The molecule has 1 aromatic carbocycles. The van der Waals surface area contributed by atoms with E-state index in [0.29, 0.717) is 5.56 Å². The minimum atomic E-state index is -1.10. The average molecular weight is 277 g/mol. The van der Waals surface area contributed by atoms with Gasteiger partial charge in [-0.05, 0) is 31.2 Å². The van der Waals surface area contributed by atoms with Gasteiger partial charge in [-0.3, -0.25) is 0 Å². The number of aliphatic carboxylic acids is 1. The number of alkyl carbamates (subject to hydrolysis) is 1. The Kier molecular flexibility index (Phi) is 4.98. The molecule has 1 fully saturated rings. The SMILES string of the molecule is O=C(NC(C(=O)O)c1ccccc1)OC1CCCCC1. The molecule has 5 heteroatoms. The van der Waals surface area contributed by atoms with Crippen molar-refractivity contribution in [3.05, 3.63) is 35.9 Å². The highest BCUT2D eigenvalue weighted by atomic mass is 16.6. The van der Waals surface area contributed by atoms with Gasteiger partial charge in [0.25, 0.3) is 0 Å². The van der Waals surface area contributed by atoms with Crippen LogP contribution >= 0.6 is 0 Å². The van der Waals surface area contributed by atoms with Gasteiger partial charge in [-0.25, -0.2) is 9.59 Å². The summed E-state index contributed by atoms with van der Waals surface area (Å²) in [6.45, 7) is 0. The molecule has 2 rings (SSSR count). The summed E-state index contributed by atoms with van der Waals surface area (Å²) in [7, 11) is 0. The molecule has 0 spiro atoms. The van der Waals surface area contributed by atoms with Crippen molar-refractivity contribution in [2.45, 2.75) is 44.2 Å². The van der Waals surface area contributed by atoms with E-state index in [1.54, 1.807) is 30.3 Å². The number of hydrogen-bond donors (Lipinski definition) is 2. The van der Waals surface area contributed by atoms with Crippen LogP contribution in [0.5, 0.6) is 0 Å². The summed E-state index contributed by atoms with van der Waals surface area (Å²) in [5, 5.41) is 11.6. The van der Waals surface area contributed by atoms with Crippen molar-refractivity contribution in [1.82, 2.24) is 5.32 Å². The molecule has 1 aromatic rings. The van der Waals surface area contributed by atoms with Gasteiger partial charge in [0.1, 0.15) is 6.10 Å². The number of nitrogens with one attached hydrogen (secondary N) is 1. The Morgan fingerprint density at radius 1 is 1.15 bits per heavy atom. The molecule has 1 saturated carbocycles. The monoisotopic (exact) mass is 277 g/mol. The summed E-state index contributed by atoms with van der Waals surface area (Å²) in [5.41, 5.74) is 0.528. The standard InChI is InChI=1S/C15H19NO4/c17-14(18)13(11-7-3-1-4-8-11)16-15(19)20-12-9-5-2-6-10-12/h1,3-4,7-8,12-13H,2,5-6,9-10H2,(H,16,19)(H,17,18). The number of carboxylic acid groups (broad SMARTS) is 1. The highest BCUT2D eigenvalue weighted by Gasteiger charge is 2.24. The molecule has 5 nitrogen and oxygen atoms in total. The van der Waals surface area contributed by atoms with Gasteiger partial charge in [-0.2, -0.15) is 0 Å². The smallest absolute Gasteiger partial charge is 0.408 e. The maximum Gasteiger partial charge on any atom is 0.408 e. The van der Waals surface area contributed by atoms with Gasteiger partial charge in [0, 0.05) is 0 Å². The third kappa shape index (κ3) is 3.98. The largest absolute Gasteiger partial charge is 0.479 e. The second-order valence-electron chi connectivity index (χ2n) is 4.99. The van der Waals surface area contributed by atoms with Crippen LogP contribution in [-0.2, 0) is 9.53 Å². The number of benzene rings is 1. The van der Waals surface area contributed by atoms with Gasteiger partial charge in [0.2, 0.25) is 0 Å². The summed E-state index contributed by atoms with van der Waals surface area (Å²) in [4.78, 5) is 23.1. The molecule has 1 atom stereocenters. The van der Waals surface area contributed by atoms with Crippen molar-refractivity contribution in [2.24, 2.45) is 0 Å². The van der Waals surface area contributed by atoms with Crippen LogP contribution in [0.2, 0.25) is 0 Å². The summed E-state index contributed by atoms with van der Waals surface area (Å²) in [6.07, 6.45) is 4.25. The predicted octanol–water partition coefficient (Wildman–Crippen LogP) is 2.87. The second-order valence-corrected chi connectivity index (χ2v) is 4.99. The molecule has 0 heterocycles. The molecule has 2 N–H and O–H groups in total. The Morgan fingerprint density at radius 2 is 1.80 bits per heavy atom. The number of carboxylic acids is 1. The Balaban J connectivity index is 1.94. The molecular formula is C15H19NO4. The zero-order chi connectivity index (χ0) is 14.4. The molecule has 1 unspecified atom stereocenters. The molecule has 0 bridgehead atoms. The summed E-state index contributed by atoms with van der Waals surface area (Å²) in [5.74, 6) is -1.10.